The van der Waals surface area contributed by atoms with Crippen molar-refractivity contribution in [1.29, 1.82) is 0 Å². The number of halogens is 3. The second-order valence-corrected chi connectivity index (χ2v) is 9.30. The summed E-state index contributed by atoms with van der Waals surface area (Å²) in [4.78, 5) is 12.2. The number of carbonyl (C=O) groups excluding carboxylic acids is 1. The average Bonchev–Trinajstić information content (AvgIpc) is 2.75. The van der Waals surface area contributed by atoms with Crippen LogP contribution in [0.25, 0.3) is 0 Å². The SMILES string of the molecule is COc1cc(/C=N/NC(=O)c2cc(Br)ccc2O)cc(I)c1OCc1ccc(Br)cc1. The van der Waals surface area contributed by atoms with Crippen molar-refractivity contribution in [1.82, 2.24) is 5.43 Å². The summed E-state index contributed by atoms with van der Waals surface area (Å²) in [5.74, 6) is 0.540. The van der Waals surface area contributed by atoms with Gasteiger partial charge in [-0.2, -0.15) is 5.10 Å². The summed E-state index contributed by atoms with van der Waals surface area (Å²) in [6.07, 6.45) is 1.50. The molecule has 0 bridgehead atoms. The van der Waals surface area contributed by atoms with Crippen LogP contribution in [0, 0.1) is 3.57 Å². The molecular formula is C22H17Br2IN2O4. The van der Waals surface area contributed by atoms with Crippen molar-refractivity contribution in [2.45, 2.75) is 6.61 Å². The molecule has 3 aromatic carbocycles. The molecule has 0 aliphatic rings. The zero-order chi connectivity index (χ0) is 22.4. The van der Waals surface area contributed by atoms with Crippen molar-refractivity contribution in [2.75, 3.05) is 7.11 Å². The van der Waals surface area contributed by atoms with Gasteiger partial charge in [-0.05, 0) is 76.2 Å². The summed E-state index contributed by atoms with van der Waals surface area (Å²) >= 11 is 8.86. The zero-order valence-electron chi connectivity index (χ0n) is 16.2. The van der Waals surface area contributed by atoms with Crippen molar-refractivity contribution in [2.24, 2.45) is 5.10 Å². The first-order chi connectivity index (χ1) is 14.9. The molecule has 0 saturated heterocycles. The van der Waals surface area contributed by atoms with E-state index in [-0.39, 0.29) is 11.3 Å². The highest BCUT2D eigenvalue weighted by Gasteiger charge is 2.13. The number of hydrazone groups is 1. The maximum atomic E-state index is 12.2. The van der Waals surface area contributed by atoms with Gasteiger partial charge in [-0.1, -0.05) is 44.0 Å². The van der Waals surface area contributed by atoms with Crippen LogP contribution >= 0.6 is 54.5 Å². The predicted octanol–water partition coefficient (Wildman–Crippen LogP) is 5.87. The second-order valence-electron chi connectivity index (χ2n) is 6.31. The van der Waals surface area contributed by atoms with Gasteiger partial charge in [0.15, 0.2) is 11.5 Å². The zero-order valence-corrected chi connectivity index (χ0v) is 21.6. The van der Waals surface area contributed by atoms with Crippen LogP contribution in [0.1, 0.15) is 21.5 Å². The maximum Gasteiger partial charge on any atom is 0.275 e. The van der Waals surface area contributed by atoms with E-state index in [4.69, 9.17) is 9.47 Å². The molecule has 31 heavy (non-hydrogen) atoms. The summed E-state index contributed by atoms with van der Waals surface area (Å²) in [7, 11) is 1.57. The van der Waals surface area contributed by atoms with E-state index in [1.54, 1.807) is 19.2 Å². The van der Waals surface area contributed by atoms with Crippen LogP contribution in [0.3, 0.4) is 0 Å². The highest BCUT2D eigenvalue weighted by molar-refractivity contribution is 14.1. The molecule has 1 amide bonds. The highest BCUT2D eigenvalue weighted by Crippen LogP contribution is 2.34. The third-order valence-electron chi connectivity index (χ3n) is 4.13. The van der Waals surface area contributed by atoms with Crippen molar-refractivity contribution < 1.29 is 19.4 Å². The minimum atomic E-state index is -0.522. The molecule has 2 N–H and O–H groups in total. The Hall–Kier alpha value is -2.11. The van der Waals surface area contributed by atoms with Gasteiger partial charge in [0, 0.05) is 8.95 Å². The number of ether oxygens (including phenoxy) is 2. The molecule has 160 valence electrons. The summed E-state index contributed by atoms with van der Waals surface area (Å²) in [6, 6.07) is 16.1. The van der Waals surface area contributed by atoms with E-state index < -0.39 is 5.91 Å². The van der Waals surface area contributed by atoms with Crippen LogP contribution in [0.15, 0.2) is 68.6 Å². The third-order valence-corrected chi connectivity index (χ3v) is 5.95. The Bertz CT molecular complexity index is 1120. The number of nitrogens with zero attached hydrogens (tertiary/aromatic N) is 1. The van der Waals surface area contributed by atoms with Gasteiger partial charge in [-0.25, -0.2) is 5.43 Å². The van der Waals surface area contributed by atoms with E-state index in [2.05, 4.69) is 65.0 Å². The number of nitrogens with one attached hydrogen (secondary N) is 1. The molecule has 9 heteroatoms. The van der Waals surface area contributed by atoms with E-state index in [0.717, 1.165) is 19.2 Å². The van der Waals surface area contributed by atoms with Gasteiger partial charge in [0.25, 0.3) is 5.91 Å². The fraction of sp³-hybridized carbons (Fsp3) is 0.0909. The smallest absolute Gasteiger partial charge is 0.275 e. The number of phenols is 1. The number of hydrogen-bond donors (Lipinski definition) is 2. The van der Waals surface area contributed by atoms with Crippen LogP contribution < -0.4 is 14.9 Å². The molecule has 0 spiro atoms. The Morgan fingerprint density at radius 3 is 2.55 bits per heavy atom. The van der Waals surface area contributed by atoms with E-state index in [1.807, 2.05) is 30.3 Å². The first-order valence-electron chi connectivity index (χ1n) is 8.94. The highest BCUT2D eigenvalue weighted by atomic mass is 127. The van der Waals surface area contributed by atoms with Crippen LogP contribution in [0.5, 0.6) is 17.2 Å². The monoisotopic (exact) mass is 658 g/mol. The minimum Gasteiger partial charge on any atom is -0.507 e. The summed E-state index contributed by atoms with van der Waals surface area (Å²) in [5.41, 5.74) is 4.28. The summed E-state index contributed by atoms with van der Waals surface area (Å²) < 4.78 is 14.0. The quantitative estimate of drug-likeness (QED) is 0.189. The van der Waals surface area contributed by atoms with Crippen molar-refractivity contribution in [3.05, 3.63) is 83.8 Å². The number of aromatic hydroxyl groups is 1. The molecule has 0 aliphatic heterocycles. The lowest BCUT2D eigenvalue weighted by molar-refractivity contribution is 0.0952. The number of methoxy groups -OCH3 is 1. The van der Waals surface area contributed by atoms with Gasteiger partial charge in [-0.3, -0.25) is 4.79 Å². The average molecular weight is 660 g/mol. The molecule has 0 radical (unpaired) electrons. The maximum absolute atomic E-state index is 12.2. The molecule has 0 unspecified atom stereocenters. The number of carbonyl (C=O) groups is 1. The third kappa shape index (κ3) is 6.44. The van der Waals surface area contributed by atoms with Gasteiger partial charge in [0.2, 0.25) is 0 Å². The standard InChI is InChI=1S/C22H17Br2IN2O4/c1-30-20-9-14(11-26-27-22(29)17-10-16(24)6-7-19(17)28)8-18(25)21(20)31-12-13-2-4-15(23)5-3-13/h2-11,28H,12H2,1H3,(H,27,29)/b26-11+. The lowest BCUT2D eigenvalue weighted by Crippen LogP contribution is -2.17. The lowest BCUT2D eigenvalue weighted by atomic mass is 10.2. The van der Waals surface area contributed by atoms with Crippen molar-refractivity contribution >= 4 is 66.6 Å². The Labute approximate surface area is 210 Å². The largest absolute Gasteiger partial charge is 0.507 e. The lowest BCUT2D eigenvalue weighted by Gasteiger charge is -2.13. The number of benzene rings is 3. The molecular weight excluding hydrogens is 643 g/mol. The molecule has 0 aromatic heterocycles. The van der Waals surface area contributed by atoms with Crippen LogP contribution in [0.2, 0.25) is 0 Å². The van der Waals surface area contributed by atoms with Crippen LogP contribution in [-0.2, 0) is 6.61 Å². The number of rotatable bonds is 7. The van der Waals surface area contributed by atoms with Gasteiger partial charge < -0.3 is 14.6 Å². The Morgan fingerprint density at radius 1 is 1.13 bits per heavy atom. The molecule has 0 fully saturated rings. The van der Waals surface area contributed by atoms with Gasteiger partial charge >= 0.3 is 0 Å². The first-order valence-corrected chi connectivity index (χ1v) is 11.6. The molecule has 0 aliphatic carbocycles. The molecule has 0 heterocycles. The topological polar surface area (TPSA) is 80.2 Å². The summed E-state index contributed by atoms with van der Waals surface area (Å²) in [6.45, 7) is 0.402. The number of amides is 1. The van der Waals surface area contributed by atoms with Crippen molar-refractivity contribution in [3.63, 3.8) is 0 Å². The molecule has 3 rings (SSSR count). The van der Waals surface area contributed by atoms with Gasteiger partial charge in [0.1, 0.15) is 12.4 Å². The molecule has 0 saturated carbocycles. The fourth-order valence-electron chi connectivity index (χ4n) is 2.61. The molecule has 3 aromatic rings. The van der Waals surface area contributed by atoms with Gasteiger partial charge in [0.05, 0.1) is 22.5 Å². The second kappa shape index (κ2) is 11.0. The Morgan fingerprint density at radius 2 is 1.84 bits per heavy atom. The van der Waals surface area contributed by atoms with Crippen LogP contribution in [0.4, 0.5) is 0 Å². The normalized spacial score (nSPS) is 10.8. The van der Waals surface area contributed by atoms with E-state index >= 15 is 0 Å². The first kappa shape index (κ1) is 23.6. The van der Waals surface area contributed by atoms with E-state index in [0.29, 0.717) is 22.6 Å². The predicted molar refractivity (Wildman–Crippen MR) is 135 cm³/mol. The fourth-order valence-corrected chi connectivity index (χ4v) is 4.01. The molecule has 0 atom stereocenters. The Balaban J connectivity index is 1.70. The summed E-state index contributed by atoms with van der Waals surface area (Å²) in [5, 5.41) is 13.8. The number of hydrogen-bond acceptors (Lipinski definition) is 5. The van der Waals surface area contributed by atoms with E-state index in [9.17, 15) is 9.90 Å². The van der Waals surface area contributed by atoms with E-state index in [1.165, 1.54) is 18.3 Å². The van der Waals surface area contributed by atoms with Crippen molar-refractivity contribution in [3.8, 4) is 17.2 Å². The molecule has 6 nitrogen and oxygen atoms in total. The van der Waals surface area contributed by atoms with Crippen LogP contribution in [-0.4, -0.2) is 24.3 Å². The number of phenolic OH excluding ortho intramolecular Hbond substituents is 1. The Kier molecular flexibility index (Phi) is 8.33. The van der Waals surface area contributed by atoms with Gasteiger partial charge in [-0.15, -0.1) is 0 Å². The minimum absolute atomic E-state index is 0.121.